The summed E-state index contributed by atoms with van der Waals surface area (Å²) in [4.78, 5) is 34.7. The SMILES string of the molecule is C=C(Cc1cn(C)c(=O)n(C)c1=O)C(=O)OCC. The van der Waals surface area contributed by atoms with Gasteiger partial charge in [0.05, 0.1) is 6.61 Å². The maximum Gasteiger partial charge on any atom is 0.333 e. The summed E-state index contributed by atoms with van der Waals surface area (Å²) in [5.74, 6) is -0.534. The first-order chi connectivity index (χ1) is 8.38. The van der Waals surface area contributed by atoms with Gasteiger partial charge in [0.25, 0.3) is 5.56 Å². The predicted molar refractivity (Wildman–Crippen MR) is 66.4 cm³/mol. The molecule has 0 aliphatic heterocycles. The second kappa shape index (κ2) is 5.48. The smallest absolute Gasteiger partial charge is 0.333 e. The first-order valence-electron chi connectivity index (χ1n) is 5.49. The minimum Gasteiger partial charge on any atom is -0.463 e. The second-order valence-electron chi connectivity index (χ2n) is 3.91. The molecular weight excluding hydrogens is 236 g/mol. The van der Waals surface area contributed by atoms with E-state index in [1.165, 1.54) is 17.8 Å². The molecule has 18 heavy (non-hydrogen) atoms. The molecule has 98 valence electrons. The number of rotatable bonds is 4. The van der Waals surface area contributed by atoms with E-state index in [0.717, 1.165) is 4.57 Å². The molecular formula is C12H16N2O4. The van der Waals surface area contributed by atoms with Crippen LogP contribution in [0.3, 0.4) is 0 Å². The maximum absolute atomic E-state index is 11.8. The molecule has 1 aromatic rings. The van der Waals surface area contributed by atoms with Gasteiger partial charge in [0.2, 0.25) is 0 Å². The molecule has 0 aliphatic rings. The van der Waals surface area contributed by atoms with Gasteiger partial charge in [-0.05, 0) is 6.92 Å². The quantitative estimate of drug-likeness (QED) is 0.547. The van der Waals surface area contributed by atoms with Crippen molar-refractivity contribution in [1.29, 1.82) is 0 Å². The number of carbonyl (C=O) groups excluding carboxylic acids is 1. The third-order valence-electron chi connectivity index (χ3n) is 2.49. The zero-order valence-corrected chi connectivity index (χ0v) is 10.7. The Morgan fingerprint density at radius 2 is 2.00 bits per heavy atom. The summed E-state index contributed by atoms with van der Waals surface area (Å²) in [5, 5.41) is 0. The summed E-state index contributed by atoms with van der Waals surface area (Å²) >= 11 is 0. The zero-order chi connectivity index (χ0) is 13.9. The average Bonchev–Trinajstić information content (AvgIpc) is 2.33. The Morgan fingerprint density at radius 3 is 2.56 bits per heavy atom. The van der Waals surface area contributed by atoms with Crippen LogP contribution in [0.1, 0.15) is 12.5 Å². The van der Waals surface area contributed by atoms with Gasteiger partial charge in [0, 0.05) is 37.8 Å². The van der Waals surface area contributed by atoms with Crippen molar-refractivity contribution in [3.63, 3.8) is 0 Å². The van der Waals surface area contributed by atoms with Crippen molar-refractivity contribution in [2.45, 2.75) is 13.3 Å². The Balaban J connectivity index is 3.07. The van der Waals surface area contributed by atoms with Gasteiger partial charge in [-0.3, -0.25) is 9.36 Å². The van der Waals surface area contributed by atoms with Gasteiger partial charge in [0.15, 0.2) is 0 Å². The highest BCUT2D eigenvalue weighted by atomic mass is 16.5. The van der Waals surface area contributed by atoms with Crippen LogP contribution in [0.2, 0.25) is 0 Å². The molecule has 0 amide bonds. The van der Waals surface area contributed by atoms with Crippen LogP contribution in [0, 0.1) is 0 Å². The van der Waals surface area contributed by atoms with E-state index in [9.17, 15) is 14.4 Å². The lowest BCUT2D eigenvalue weighted by Crippen LogP contribution is -2.38. The Morgan fingerprint density at radius 1 is 1.39 bits per heavy atom. The molecule has 0 bridgehead atoms. The van der Waals surface area contributed by atoms with Crippen molar-refractivity contribution in [2.75, 3.05) is 6.61 Å². The number of aryl methyl sites for hydroxylation is 1. The molecule has 0 aromatic carbocycles. The number of hydrogen-bond acceptors (Lipinski definition) is 4. The van der Waals surface area contributed by atoms with Gasteiger partial charge in [-0.2, -0.15) is 0 Å². The second-order valence-corrected chi connectivity index (χ2v) is 3.91. The molecule has 0 fully saturated rings. The fraction of sp³-hybridized carbons (Fsp3) is 0.417. The van der Waals surface area contributed by atoms with Crippen molar-refractivity contribution in [2.24, 2.45) is 14.1 Å². The molecule has 0 spiro atoms. The molecule has 0 atom stereocenters. The van der Waals surface area contributed by atoms with Crippen LogP contribution in [-0.2, 0) is 30.0 Å². The van der Waals surface area contributed by atoms with E-state index in [2.05, 4.69) is 6.58 Å². The summed E-state index contributed by atoms with van der Waals surface area (Å²) in [6, 6.07) is 0. The summed E-state index contributed by atoms with van der Waals surface area (Å²) in [6.07, 6.45) is 1.48. The standard InChI is InChI=1S/C12H16N2O4/c1-5-18-11(16)8(2)6-9-7-13(3)12(17)14(4)10(9)15/h7H,2,5-6H2,1,3-4H3. The molecule has 0 saturated carbocycles. The van der Waals surface area contributed by atoms with Crippen LogP contribution in [-0.4, -0.2) is 21.7 Å². The summed E-state index contributed by atoms with van der Waals surface area (Å²) < 4.78 is 7.06. The Hall–Kier alpha value is -2.11. The first kappa shape index (κ1) is 14.0. The third kappa shape index (κ3) is 2.77. The van der Waals surface area contributed by atoms with Crippen LogP contribution in [0.4, 0.5) is 0 Å². The number of ether oxygens (including phenoxy) is 1. The van der Waals surface area contributed by atoms with Crippen molar-refractivity contribution < 1.29 is 9.53 Å². The van der Waals surface area contributed by atoms with Crippen LogP contribution < -0.4 is 11.2 Å². The van der Waals surface area contributed by atoms with Gasteiger partial charge in [-0.25, -0.2) is 9.59 Å². The van der Waals surface area contributed by atoms with Crippen LogP contribution in [0.25, 0.3) is 0 Å². The Labute approximate surface area is 104 Å². The molecule has 1 heterocycles. The van der Waals surface area contributed by atoms with Crippen LogP contribution in [0.15, 0.2) is 27.9 Å². The van der Waals surface area contributed by atoms with Gasteiger partial charge in [-0.1, -0.05) is 6.58 Å². The number of esters is 1. The van der Waals surface area contributed by atoms with E-state index in [4.69, 9.17) is 4.74 Å². The molecule has 0 N–H and O–H groups in total. The van der Waals surface area contributed by atoms with Crippen molar-refractivity contribution in [3.8, 4) is 0 Å². The molecule has 0 aliphatic carbocycles. The molecule has 0 saturated heterocycles. The van der Waals surface area contributed by atoms with E-state index >= 15 is 0 Å². The monoisotopic (exact) mass is 252 g/mol. The molecule has 6 nitrogen and oxygen atoms in total. The van der Waals surface area contributed by atoms with Gasteiger partial charge in [-0.15, -0.1) is 0 Å². The molecule has 0 radical (unpaired) electrons. The van der Waals surface area contributed by atoms with Crippen molar-refractivity contribution >= 4 is 5.97 Å². The number of hydrogen-bond donors (Lipinski definition) is 0. The normalized spacial score (nSPS) is 10.2. The minimum absolute atomic E-state index is 0.0691. The summed E-state index contributed by atoms with van der Waals surface area (Å²) in [6.45, 7) is 5.53. The lowest BCUT2D eigenvalue weighted by Gasteiger charge is -2.08. The highest BCUT2D eigenvalue weighted by Crippen LogP contribution is 2.03. The third-order valence-corrected chi connectivity index (χ3v) is 2.49. The molecule has 1 aromatic heterocycles. The summed E-state index contributed by atoms with van der Waals surface area (Å²) in [5.41, 5.74) is -0.320. The number of aromatic nitrogens is 2. The van der Waals surface area contributed by atoms with Gasteiger partial charge >= 0.3 is 11.7 Å². The van der Waals surface area contributed by atoms with Gasteiger partial charge < -0.3 is 9.30 Å². The largest absolute Gasteiger partial charge is 0.463 e. The highest BCUT2D eigenvalue weighted by Gasteiger charge is 2.13. The van der Waals surface area contributed by atoms with Crippen molar-refractivity contribution in [3.05, 3.63) is 44.8 Å². The summed E-state index contributed by atoms with van der Waals surface area (Å²) in [7, 11) is 2.93. The highest BCUT2D eigenvalue weighted by molar-refractivity contribution is 5.88. The van der Waals surface area contributed by atoms with Gasteiger partial charge in [0.1, 0.15) is 0 Å². The van der Waals surface area contributed by atoms with E-state index in [-0.39, 0.29) is 18.6 Å². The first-order valence-corrected chi connectivity index (χ1v) is 5.49. The lowest BCUT2D eigenvalue weighted by atomic mass is 10.1. The molecule has 0 unspecified atom stereocenters. The molecule has 6 heteroatoms. The van der Waals surface area contributed by atoms with E-state index in [1.54, 1.807) is 14.0 Å². The number of nitrogens with zero attached hydrogens (tertiary/aromatic N) is 2. The Kier molecular flexibility index (Phi) is 4.25. The predicted octanol–water partition coefficient (Wildman–Crippen LogP) is -0.254. The molecule has 1 rings (SSSR count). The van der Waals surface area contributed by atoms with Crippen molar-refractivity contribution in [1.82, 2.24) is 9.13 Å². The topological polar surface area (TPSA) is 70.3 Å². The Bertz CT molecular complexity index is 595. The van der Waals surface area contributed by atoms with Crippen LogP contribution >= 0.6 is 0 Å². The zero-order valence-electron chi connectivity index (χ0n) is 10.7. The maximum atomic E-state index is 11.8. The van der Waals surface area contributed by atoms with E-state index in [1.807, 2.05) is 0 Å². The van der Waals surface area contributed by atoms with E-state index < -0.39 is 17.2 Å². The average molecular weight is 252 g/mol. The fourth-order valence-electron chi connectivity index (χ4n) is 1.54. The number of carbonyl (C=O) groups is 1. The van der Waals surface area contributed by atoms with Crippen LogP contribution in [0.5, 0.6) is 0 Å². The lowest BCUT2D eigenvalue weighted by molar-refractivity contribution is -0.138. The fourth-order valence-corrected chi connectivity index (χ4v) is 1.54. The minimum atomic E-state index is -0.534. The van der Waals surface area contributed by atoms with E-state index in [0.29, 0.717) is 5.56 Å².